The molecule has 0 unspecified atom stereocenters. The molecule has 0 aliphatic carbocycles. The minimum Gasteiger partial charge on any atom is -0.478 e. The normalized spacial score (nSPS) is 14.9. The summed E-state index contributed by atoms with van der Waals surface area (Å²) in [6.07, 6.45) is 1.41. The van der Waals surface area contributed by atoms with E-state index < -0.39 is 5.97 Å². The predicted octanol–water partition coefficient (Wildman–Crippen LogP) is 0.687. The number of aromatic nitrogens is 2. The molecular weight excluding hydrogens is 164 g/mol. The van der Waals surface area contributed by atoms with Crippen LogP contribution >= 0.6 is 11.8 Å². The summed E-state index contributed by atoms with van der Waals surface area (Å²) in [4.78, 5) is 10.6. The molecule has 2 rings (SSSR count). The van der Waals surface area contributed by atoms with Gasteiger partial charge in [0.1, 0.15) is 10.6 Å². The number of rotatable bonds is 1. The van der Waals surface area contributed by atoms with Crippen molar-refractivity contribution in [3.8, 4) is 0 Å². The van der Waals surface area contributed by atoms with Crippen LogP contribution in [0.4, 0.5) is 0 Å². The molecule has 0 amide bonds. The standard InChI is InChI=1S/C6H6N2O2S/c9-6(10)4-3-7-8-1-2-11-5(4)8/h3H,1-2H2,(H,9,10). The first-order valence-corrected chi connectivity index (χ1v) is 4.19. The zero-order chi connectivity index (χ0) is 7.84. The van der Waals surface area contributed by atoms with E-state index in [1.165, 1.54) is 6.20 Å². The molecule has 0 spiro atoms. The van der Waals surface area contributed by atoms with Crippen LogP contribution in [0.1, 0.15) is 10.4 Å². The fourth-order valence-electron chi connectivity index (χ4n) is 1.06. The smallest absolute Gasteiger partial charge is 0.340 e. The van der Waals surface area contributed by atoms with E-state index in [-0.39, 0.29) is 0 Å². The molecule has 11 heavy (non-hydrogen) atoms. The van der Waals surface area contributed by atoms with E-state index in [0.717, 1.165) is 17.3 Å². The zero-order valence-corrected chi connectivity index (χ0v) is 6.47. The molecule has 5 heteroatoms. The number of thioether (sulfide) groups is 1. The first kappa shape index (κ1) is 6.72. The lowest BCUT2D eigenvalue weighted by Crippen LogP contribution is -1.97. The van der Waals surface area contributed by atoms with Gasteiger partial charge in [-0.05, 0) is 0 Å². The lowest BCUT2D eigenvalue weighted by atomic mass is 10.4. The van der Waals surface area contributed by atoms with Gasteiger partial charge in [0.2, 0.25) is 0 Å². The lowest BCUT2D eigenvalue weighted by molar-refractivity contribution is 0.0693. The van der Waals surface area contributed by atoms with Crippen LogP contribution in [0.2, 0.25) is 0 Å². The maximum atomic E-state index is 10.6. The van der Waals surface area contributed by atoms with Crippen LogP contribution in [0, 0.1) is 0 Å². The van der Waals surface area contributed by atoms with Crippen LogP contribution in [0.3, 0.4) is 0 Å². The monoisotopic (exact) mass is 170 g/mol. The van der Waals surface area contributed by atoms with Gasteiger partial charge in [0.25, 0.3) is 0 Å². The van der Waals surface area contributed by atoms with Crippen LogP contribution in [-0.2, 0) is 6.54 Å². The van der Waals surface area contributed by atoms with Crippen molar-refractivity contribution in [3.63, 3.8) is 0 Å². The van der Waals surface area contributed by atoms with Crippen molar-refractivity contribution in [2.24, 2.45) is 0 Å². The highest BCUT2D eigenvalue weighted by molar-refractivity contribution is 7.99. The summed E-state index contributed by atoms with van der Waals surface area (Å²) < 4.78 is 1.73. The Hall–Kier alpha value is -0.970. The van der Waals surface area contributed by atoms with Crippen molar-refractivity contribution < 1.29 is 9.90 Å². The van der Waals surface area contributed by atoms with Crippen molar-refractivity contribution >= 4 is 17.7 Å². The molecule has 0 radical (unpaired) electrons. The average Bonchev–Trinajstić information content (AvgIpc) is 2.41. The van der Waals surface area contributed by atoms with Gasteiger partial charge in [0, 0.05) is 5.75 Å². The van der Waals surface area contributed by atoms with Gasteiger partial charge in [-0.3, -0.25) is 4.68 Å². The Morgan fingerprint density at radius 1 is 1.82 bits per heavy atom. The van der Waals surface area contributed by atoms with Gasteiger partial charge >= 0.3 is 5.97 Å². The molecule has 58 valence electrons. The number of fused-ring (bicyclic) bond motifs is 1. The molecule has 0 saturated carbocycles. The summed E-state index contributed by atoms with van der Waals surface area (Å²) in [7, 11) is 0. The maximum absolute atomic E-state index is 10.6. The van der Waals surface area contributed by atoms with E-state index in [0.29, 0.717) is 5.56 Å². The molecule has 0 fully saturated rings. The summed E-state index contributed by atoms with van der Waals surface area (Å²) in [6, 6.07) is 0. The number of hydrogen-bond acceptors (Lipinski definition) is 3. The van der Waals surface area contributed by atoms with E-state index >= 15 is 0 Å². The molecule has 2 heterocycles. The van der Waals surface area contributed by atoms with Gasteiger partial charge in [-0.1, -0.05) is 0 Å². The van der Waals surface area contributed by atoms with Crippen molar-refractivity contribution in [1.29, 1.82) is 0 Å². The molecule has 1 N–H and O–H groups in total. The second kappa shape index (κ2) is 2.27. The number of carbonyl (C=O) groups is 1. The zero-order valence-electron chi connectivity index (χ0n) is 5.65. The molecular formula is C6H6N2O2S. The SMILES string of the molecule is O=C(O)c1cnn2c1SCC2. The van der Waals surface area contributed by atoms with Crippen LogP contribution in [-0.4, -0.2) is 26.6 Å². The van der Waals surface area contributed by atoms with Crippen LogP contribution in [0.25, 0.3) is 0 Å². The number of carboxylic acid groups (broad SMARTS) is 1. The molecule has 0 saturated heterocycles. The third-order valence-corrected chi connectivity index (χ3v) is 2.65. The minimum absolute atomic E-state index is 0.326. The quantitative estimate of drug-likeness (QED) is 0.673. The maximum Gasteiger partial charge on any atom is 0.340 e. The summed E-state index contributed by atoms with van der Waals surface area (Å²) in [5.41, 5.74) is 0.326. The fraction of sp³-hybridized carbons (Fsp3) is 0.333. The highest BCUT2D eigenvalue weighted by atomic mass is 32.2. The molecule has 1 aliphatic heterocycles. The number of hydrogen-bond donors (Lipinski definition) is 1. The first-order chi connectivity index (χ1) is 5.29. The highest BCUT2D eigenvalue weighted by Crippen LogP contribution is 2.28. The van der Waals surface area contributed by atoms with Crippen molar-refractivity contribution in [3.05, 3.63) is 11.8 Å². The topological polar surface area (TPSA) is 55.1 Å². The molecule has 0 aromatic carbocycles. The van der Waals surface area contributed by atoms with Crippen LogP contribution in [0.15, 0.2) is 11.2 Å². The van der Waals surface area contributed by atoms with Gasteiger partial charge in [-0.2, -0.15) is 5.10 Å². The second-order valence-electron chi connectivity index (χ2n) is 2.24. The first-order valence-electron chi connectivity index (χ1n) is 3.21. The molecule has 1 aliphatic rings. The van der Waals surface area contributed by atoms with E-state index in [9.17, 15) is 4.79 Å². The molecule has 0 atom stereocenters. The Morgan fingerprint density at radius 2 is 2.64 bits per heavy atom. The third-order valence-electron chi connectivity index (χ3n) is 1.56. The summed E-state index contributed by atoms with van der Waals surface area (Å²) in [6.45, 7) is 0.827. The van der Waals surface area contributed by atoms with Crippen molar-refractivity contribution in [2.75, 3.05) is 5.75 Å². The summed E-state index contributed by atoms with van der Waals surface area (Å²) in [5, 5.41) is 13.4. The second-order valence-corrected chi connectivity index (χ2v) is 3.32. The number of aryl methyl sites for hydroxylation is 1. The van der Waals surface area contributed by atoms with Gasteiger partial charge in [-0.15, -0.1) is 11.8 Å². The van der Waals surface area contributed by atoms with E-state index in [2.05, 4.69) is 5.10 Å². The number of carboxylic acids is 1. The Bertz CT molecular complexity index is 308. The molecule has 1 aromatic rings. The predicted molar refractivity (Wildman–Crippen MR) is 39.9 cm³/mol. The van der Waals surface area contributed by atoms with E-state index in [1.807, 2.05) is 0 Å². The fourth-order valence-corrected chi connectivity index (χ4v) is 2.10. The van der Waals surface area contributed by atoms with Gasteiger partial charge in [0.15, 0.2) is 0 Å². The Balaban J connectivity index is 2.50. The van der Waals surface area contributed by atoms with Crippen molar-refractivity contribution in [1.82, 2.24) is 9.78 Å². The molecule has 4 nitrogen and oxygen atoms in total. The summed E-state index contributed by atoms with van der Waals surface area (Å²) >= 11 is 1.55. The lowest BCUT2D eigenvalue weighted by Gasteiger charge is -1.90. The summed E-state index contributed by atoms with van der Waals surface area (Å²) in [5.74, 6) is 0.0457. The Labute approximate surface area is 67.2 Å². The van der Waals surface area contributed by atoms with E-state index in [1.54, 1.807) is 16.4 Å². The molecule has 1 aromatic heterocycles. The van der Waals surface area contributed by atoms with E-state index in [4.69, 9.17) is 5.11 Å². The number of aromatic carboxylic acids is 1. The molecule has 0 bridgehead atoms. The minimum atomic E-state index is -0.888. The third kappa shape index (κ3) is 0.920. The van der Waals surface area contributed by atoms with Crippen molar-refractivity contribution in [2.45, 2.75) is 11.6 Å². The van der Waals surface area contributed by atoms with Gasteiger partial charge in [0.05, 0.1) is 12.7 Å². The average molecular weight is 170 g/mol. The van der Waals surface area contributed by atoms with Crippen LogP contribution < -0.4 is 0 Å². The largest absolute Gasteiger partial charge is 0.478 e. The van der Waals surface area contributed by atoms with Crippen LogP contribution in [0.5, 0.6) is 0 Å². The van der Waals surface area contributed by atoms with Gasteiger partial charge < -0.3 is 5.11 Å². The Morgan fingerprint density at radius 3 is 3.36 bits per heavy atom. The van der Waals surface area contributed by atoms with Gasteiger partial charge in [-0.25, -0.2) is 4.79 Å². The Kier molecular flexibility index (Phi) is 1.38. The highest BCUT2D eigenvalue weighted by Gasteiger charge is 2.20. The number of nitrogens with zero attached hydrogens (tertiary/aromatic N) is 2.